The monoisotopic (exact) mass is 326 g/mol. The Morgan fingerprint density at radius 1 is 1.38 bits per heavy atom. The fourth-order valence-electron chi connectivity index (χ4n) is 3.70. The predicted molar refractivity (Wildman–Crippen MR) is 92.1 cm³/mol. The van der Waals surface area contributed by atoms with Gasteiger partial charge in [-0.05, 0) is 43.2 Å². The molecule has 3 rings (SSSR count). The molecule has 1 aliphatic heterocycles. The van der Waals surface area contributed by atoms with Crippen molar-refractivity contribution in [1.29, 1.82) is 0 Å². The molecule has 0 bridgehead atoms. The Morgan fingerprint density at radius 2 is 2.10 bits per heavy atom. The molecule has 21 heavy (non-hydrogen) atoms. The van der Waals surface area contributed by atoms with Gasteiger partial charge in [0.1, 0.15) is 0 Å². The zero-order valence-corrected chi connectivity index (χ0v) is 15.2. The topological polar surface area (TPSA) is 15.3 Å². The van der Waals surface area contributed by atoms with Crippen LogP contribution in [0.15, 0.2) is 12.1 Å². The lowest BCUT2D eigenvalue weighted by atomic mass is 9.80. The van der Waals surface area contributed by atoms with Crippen molar-refractivity contribution < 1.29 is 0 Å². The van der Waals surface area contributed by atoms with E-state index in [1.54, 1.807) is 11.3 Å². The summed E-state index contributed by atoms with van der Waals surface area (Å²) >= 11 is 7.83. The van der Waals surface area contributed by atoms with E-state index in [2.05, 4.69) is 44.0 Å². The molecule has 4 heteroatoms. The Balaban J connectivity index is 1.79. The number of hydrogen-bond donors (Lipinski definition) is 1. The molecule has 2 atom stereocenters. The molecule has 2 fully saturated rings. The van der Waals surface area contributed by atoms with E-state index in [0.29, 0.717) is 17.0 Å². The first kappa shape index (κ1) is 15.8. The molecular formula is C17H27ClN2S. The third-order valence-corrected chi connectivity index (χ3v) is 6.35. The molecule has 118 valence electrons. The number of rotatable bonds is 3. The van der Waals surface area contributed by atoms with Gasteiger partial charge in [-0.3, -0.25) is 4.90 Å². The van der Waals surface area contributed by atoms with Crippen molar-refractivity contribution in [3.05, 3.63) is 21.3 Å². The third kappa shape index (κ3) is 3.47. The van der Waals surface area contributed by atoms with Crippen molar-refractivity contribution in [2.45, 2.75) is 58.7 Å². The minimum Gasteiger partial charge on any atom is -0.308 e. The quantitative estimate of drug-likeness (QED) is 0.886. The van der Waals surface area contributed by atoms with E-state index in [9.17, 15) is 0 Å². The maximum atomic E-state index is 6.11. The van der Waals surface area contributed by atoms with Gasteiger partial charge in [-0.25, -0.2) is 0 Å². The first-order chi connectivity index (χ1) is 9.78. The van der Waals surface area contributed by atoms with Gasteiger partial charge in [-0.1, -0.05) is 32.4 Å². The fraction of sp³-hybridized carbons (Fsp3) is 0.765. The van der Waals surface area contributed by atoms with Crippen LogP contribution in [0.2, 0.25) is 4.34 Å². The molecule has 0 spiro atoms. The summed E-state index contributed by atoms with van der Waals surface area (Å²) in [6.45, 7) is 12.8. The zero-order valence-electron chi connectivity index (χ0n) is 13.6. The lowest BCUT2D eigenvalue weighted by Gasteiger charge is -2.51. The van der Waals surface area contributed by atoms with Crippen LogP contribution in [0.3, 0.4) is 0 Å². The molecule has 1 aliphatic carbocycles. The van der Waals surface area contributed by atoms with Gasteiger partial charge in [0, 0.05) is 36.1 Å². The number of thiophene rings is 1. The van der Waals surface area contributed by atoms with Crippen LogP contribution in [0.25, 0.3) is 0 Å². The van der Waals surface area contributed by atoms with Crippen LogP contribution in [0.4, 0.5) is 0 Å². The molecule has 0 radical (unpaired) electrons. The lowest BCUT2D eigenvalue weighted by Crippen LogP contribution is -2.66. The summed E-state index contributed by atoms with van der Waals surface area (Å²) in [5.74, 6) is 0.868. The Hall–Kier alpha value is -0.0900. The summed E-state index contributed by atoms with van der Waals surface area (Å²) in [4.78, 5) is 4.08. The number of nitrogens with one attached hydrogen (secondary N) is 1. The first-order valence-corrected chi connectivity index (χ1v) is 9.21. The highest BCUT2D eigenvalue weighted by atomic mass is 35.5. The van der Waals surface area contributed by atoms with Crippen LogP contribution < -0.4 is 5.32 Å². The lowest BCUT2D eigenvalue weighted by molar-refractivity contribution is 0.0152. The number of piperazine rings is 1. The molecule has 2 nitrogen and oxygen atoms in total. The standard InChI is InChI=1S/C17H27ClN2S/c1-16(2,3)14-9-19-17(4,12-5-6-12)11-20(14)10-13-7-8-15(18)21-13/h7-8,12,14,19H,5-6,9-11H2,1-4H3. The van der Waals surface area contributed by atoms with Gasteiger partial charge in [0.25, 0.3) is 0 Å². The molecule has 1 aromatic rings. The molecule has 2 heterocycles. The van der Waals surface area contributed by atoms with Crippen molar-refractivity contribution in [1.82, 2.24) is 10.2 Å². The SMILES string of the molecule is CC(C)(C)C1CNC(C)(C2CC2)CN1Cc1ccc(Cl)s1. The molecule has 2 aliphatic rings. The zero-order chi connectivity index (χ0) is 15.3. The molecule has 1 aromatic heterocycles. The molecule has 0 amide bonds. The van der Waals surface area contributed by atoms with Gasteiger partial charge in [-0.2, -0.15) is 0 Å². The summed E-state index contributed by atoms with van der Waals surface area (Å²) < 4.78 is 0.900. The van der Waals surface area contributed by atoms with E-state index in [-0.39, 0.29) is 0 Å². The van der Waals surface area contributed by atoms with Crippen molar-refractivity contribution >= 4 is 22.9 Å². The second kappa shape index (κ2) is 5.52. The predicted octanol–water partition coefficient (Wildman–Crippen LogP) is 4.39. The van der Waals surface area contributed by atoms with Crippen molar-refractivity contribution in [2.75, 3.05) is 13.1 Å². The number of hydrogen-bond acceptors (Lipinski definition) is 3. The average Bonchev–Trinajstić information content (AvgIpc) is 3.14. The maximum Gasteiger partial charge on any atom is 0.0931 e. The Morgan fingerprint density at radius 3 is 2.62 bits per heavy atom. The van der Waals surface area contributed by atoms with Crippen LogP contribution >= 0.6 is 22.9 Å². The van der Waals surface area contributed by atoms with E-state index >= 15 is 0 Å². The van der Waals surface area contributed by atoms with Gasteiger partial charge >= 0.3 is 0 Å². The van der Waals surface area contributed by atoms with E-state index in [1.165, 1.54) is 17.7 Å². The van der Waals surface area contributed by atoms with E-state index < -0.39 is 0 Å². The molecule has 1 saturated carbocycles. The Kier molecular flexibility index (Phi) is 4.15. The Labute approximate surface area is 137 Å². The van der Waals surface area contributed by atoms with Gasteiger partial charge in [0.05, 0.1) is 4.34 Å². The Bertz CT molecular complexity index is 503. The van der Waals surface area contributed by atoms with Gasteiger partial charge in [0.2, 0.25) is 0 Å². The van der Waals surface area contributed by atoms with Gasteiger partial charge in [0.15, 0.2) is 0 Å². The largest absolute Gasteiger partial charge is 0.308 e. The van der Waals surface area contributed by atoms with Crippen LogP contribution in [0.1, 0.15) is 45.4 Å². The van der Waals surface area contributed by atoms with Crippen LogP contribution in [0, 0.1) is 11.3 Å². The molecule has 0 aromatic carbocycles. The summed E-state index contributed by atoms with van der Waals surface area (Å²) in [5, 5.41) is 3.87. The molecule has 1 saturated heterocycles. The summed E-state index contributed by atoms with van der Waals surface area (Å²) in [6.07, 6.45) is 2.78. The molecule has 1 N–H and O–H groups in total. The smallest absolute Gasteiger partial charge is 0.0931 e. The normalized spacial score (nSPS) is 31.6. The fourth-order valence-corrected chi connectivity index (χ4v) is 4.81. The number of nitrogens with zero attached hydrogens (tertiary/aromatic N) is 1. The summed E-state index contributed by atoms with van der Waals surface area (Å²) in [5.41, 5.74) is 0.585. The number of halogens is 1. The van der Waals surface area contributed by atoms with Crippen LogP contribution in [-0.2, 0) is 6.54 Å². The van der Waals surface area contributed by atoms with Crippen molar-refractivity contribution in [2.24, 2.45) is 11.3 Å². The third-order valence-electron chi connectivity index (χ3n) is 5.14. The summed E-state index contributed by atoms with van der Waals surface area (Å²) in [7, 11) is 0. The van der Waals surface area contributed by atoms with Crippen molar-refractivity contribution in [3.63, 3.8) is 0 Å². The highest BCUT2D eigenvalue weighted by Crippen LogP contribution is 2.43. The average molecular weight is 327 g/mol. The van der Waals surface area contributed by atoms with E-state index in [1.807, 2.05) is 6.07 Å². The minimum atomic E-state index is 0.291. The second-order valence-corrected chi connectivity index (χ2v) is 9.86. The minimum absolute atomic E-state index is 0.291. The first-order valence-electron chi connectivity index (χ1n) is 8.01. The maximum absolute atomic E-state index is 6.11. The molecule has 2 unspecified atom stereocenters. The summed E-state index contributed by atoms with van der Waals surface area (Å²) in [6, 6.07) is 4.78. The van der Waals surface area contributed by atoms with Crippen LogP contribution in [-0.4, -0.2) is 29.6 Å². The molecular weight excluding hydrogens is 300 g/mol. The van der Waals surface area contributed by atoms with Gasteiger partial charge in [-0.15, -0.1) is 11.3 Å². The van der Waals surface area contributed by atoms with E-state index in [4.69, 9.17) is 11.6 Å². The van der Waals surface area contributed by atoms with Crippen molar-refractivity contribution in [3.8, 4) is 0 Å². The second-order valence-electron chi connectivity index (χ2n) is 8.07. The highest BCUT2D eigenvalue weighted by molar-refractivity contribution is 7.16. The van der Waals surface area contributed by atoms with E-state index in [0.717, 1.165) is 29.9 Å². The van der Waals surface area contributed by atoms with Gasteiger partial charge < -0.3 is 5.32 Å². The van der Waals surface area contributed by atoms with Crippen LogP contribution in [0.5, 0.6) is 0 Å². The highest BCUT2D eigenvalue weighted by Gasteiger charge is 2.47.